The molecular weight excluding hydrogens is 342 g/mol. The second-order valence-corrected chi connectivity index (χ2v) is 6.83. The lowest BCUT2D eigenvalue weighted by molar-refractivity contribution is -0.138. The van der Waals surface area contributed by atoms with Gasteiger partial charge in [-0.15, -0.1) is 0 Å². The van der Waals surface area contributed by atoms with E-state index in [-0.39, 0.29) is 23.8 Å². The molecule has 1 aromatic carbocycles. The summed E-state index contributed by atoms with van der Waals surface area (Å²) in [5.74, 6) is 0.114. The smallest absolute Gasteiger partial charge is 0.254 e. The topological polar surface area (TPSA) is 92.4 Å². The number of hydrogen-bond acceptors (Lipinski definition) is 5. The van der Waals surface area contributed by atoms with Crippen molar-refractivity contribution in [1.29, 1.82) is 0 Å². The Morgan fingerprint density at radius 2 is 1.96 bits per heavy atom. The van der Waals surface area contributed by atoms with Crippen molar-refractivity contribution in [3.8, 4) is 11.1 Å². The Bertz CT molecular complexity index is 821. The molecule has 27 heavy (non-hydrogen) atoms. The monoisotopic (exact) mass is 367 g/mol. The van der Waals surface area contributed by atoms with Crippen LogP contribution in [0.2, 0.25) is 0 Å². The Kier molecular flexibility index (Phi) is 5.69. The average molecular weight is 367 g/mol. The van der Waals surface area contributed by atoms with Gasteiger partial charge in [-0.3, -0.25) is 9.59 Å². The van der Waals surface area contributed by atoms with E-state index >= 15 is 0 Å². The quantitative estimate of drug-likeness (QED) is 0.874. The SMILES string of the molecule is CCCC[C@H]1C(=O)N(C)CCN1C(=O)c1cccc(-c2cnc(N)nc2)c1. The molecule has 0 bridgehead atoms. The Morgan fingerprint density at radius 3 is 2.67 bits per heavy atom. The zero-order valence-corrected chi connectivity index (χ0v) is 15.8. The molecule has 1 aromatic heterocycles. The van der Waals surface area contributed by atoms with Crippen LogP contribution in [0.5, 0.6) is 0 Å². The van der Waals surface area contributed by atoms with Crippen LogP contribution in [0.25, 0.3) is 11.1 Å². The summed E-state index contributed by atoms with van der Waals surface area (Å²) in [5, 5.41) is 0. The van der Waals surface area contributed by atoms with E-state index in [0.717, 1.165) is 24.0 Å². The number of anilines is 1. The number of unbranched alkanes of at least 4 members (excludes halogenated alkanes) is 1. The summed E-state index contributed by atoms with van der Waals surface area (Å²) in [6.45, 7) is 3.19. The minimum atomic E-state index is -0.389. The molecule has 0 radical (unpaired) electrons. The number of nitrogens with two attached hydrogens (primary N) is 1. The van der Waals surface area contributed by atoms with Crippen LogP contribution in [0.15, 0.2) is 36.7 Å². The van der Waals surface area contributed by atoms with Crippen molar-refractivity contribution in [2.24, 2.45) is 0 Å². The third kappa shape index (κ3) is 4.07. The number of piperazine rings is 1. The fraction of sp³-hybridized carbons (Fsp3) is 0.400. The lowest BCUT2D eigenvalue weighted by Gasteiger charge is -2.39. The molecule has 2 amide bonds. The molecule has 2 aromatic rings. The number of carbonyl (C=O) groups excluding carboxylic acids is 2. The van der Waals surface area contributed by atoms with Crippen molar-refractivity contribution in [1.82, 2.24) is 19.8 Å². The first-order valence-corrected chi connectivity index (χ1v) is 9.25. The summed E-state index contributed by atoms with van der Waals surface area (Å²) in [6.07, 6.45) is 5.86. The number of nitrogens with zero attached hydrogens (tertiary/aromatic N) is 4. The van der Waals surface area contributed by atoms with Gasteiger partial charge in [-0.1, -0.05) is 31.9 Å². The molecule has 0 aliphatic carbocycles. The molecule has 1 atom stereocenters. The maximum absolute atomic E-state index is 13.2. The van der Waals surface area contributed by atoms with Gasteiger partial charge in [0.2, 0.25) is 11.9 Å². The molecule has 0 unspecified atom stereocenters. The fourth-order valence-electron chi connectivity index (χ4n) is 3.32. The van der Waals surface area contributed by atoms with Crippen molar-refractivity contribution < 1.29 is 9.59 Å². The summed E-state index contributed by atoms with van der Waals surface area (Å²) in [5.41, 5.74) is 7.73. The summed E-state index contributed by atoms with van der Waals surface area (Å²) in [6, 6.07) is 6.94. The first-order valence-electron chi connectivity index (χ1n) is 9.25. The van der Waals surface area contributed by atoms with Crippen LogP contribution in [0.3, 0.4) is 0 Å². The maximum atomic E-state index is 13.2. The second-order valence-electron chi connectivity index (χ2n) is 6.83. The van der Waals surface area contributed by atoms with Crippen LogP contribution in [0.1, 0.15) is 36.5 Å². The first kappa shape index (κ1) is 18.8. The molecule has 3 rings (SSSR count). The van der Waals surface area contributed by atoms with Gasteiger partial charge in [0, 0.05) is 43.7 Å². The van der Waals surface area contributed by atoms with E-state index in [9.17, 15) is 9.59 Å². The summed E-state index contributed by atoms with van der Waals surface area (Å²) in [4.78, 5) is 37.2. The van der Waals surface area contributed by atoms with Crippen LogP contribution in [-0.4, -0.2) is 57.8 Å². The molecule has 1 fully saturated rings. The van der Waals surface area contributed by atoms with Crippen LogP contribution >= 0.6 is 0 Å². The molecule has 0 saturated carbocycles. The van der Waals surface area contributed by atoms with E-state index in [2.05, 4.69) is 16.9 Å². The van der Waals surface area contributed by atoms with Crippen molar-refractivity contribution in [3.05, 3.63) is 42.2 Å². The molecule has 2 N–H and O–H groups in total. The van der Waals surface area contributed by atoms with Crippen LogP contribution in [-0.2, 0) is 4.79 Å². The Balaban J connectivity index is 1.86. The van der Waals surface area contributed by atoms with Crippen molar-refractivity contribution in [3.63, 3.8) is 0 Å². The van der Waals surface area contributed by atoms with Crippen molar-refractivity contribution >= 4 is 17.8 Å². The van der Waals surface area contributed by atoms with Gasteiger partial charge < -0.3 is 15.5 Å². The van der Waals surface area contributed by atoms with E-state index in [1.807, 2.05) is 18.2 Å². The molecule has 142 valence electrons. The van der Waals surface area contributed by atoms with Gasteiger partial charge in [0.1, 0.15) is 6.04 Å². The highest BCUT2D eigenvalue weighted by Crippen LogP contribution is 2.23. The van der Waals surface area contributed by atoms with Crippen molar-refractivity contribution in [2.75, 3.05) is 25.9 Å². The van der Waals surface area contributed by atoms with E-state index in [0.29, 0.717) is 25.1 Å². The van der Waals surface area contributed by atoms with Gasteiger partial charge >= 0.3 is 0 Å². The second kappa shape index (κ2) is 8.16. The van der Waals surface area contributed by atoms with Gasteiger partial charge in [-0.05, 0) is 24.1 Å². The minimum Gasteiger partial charge on any atom is -0.368 e. The summed E-state index contributed by atoms with van der Waals surface area (Å²) in [7, 11) is 1.80. The highest BCUT2D eigenvalue weighted by molar-refractivity contribution is 5.99. The number of rotatable bonds is 5. The normalized spacial score (nSPS) is 17.3. The third-order valence-electron chi connectivity index (χ3n) is 4.92. The number of hydrogen-bond donors (Lipinski definition) is 1. The fourth-order valence-corrected chi connectivity index (χ4v) is 3.32. The molecule has 1 aliphatic rings. The number of carbonyl (C=O) groups is 2. The molecule has 7 nitrogen and oxygen atoms in total. The summed E-state index contributed by atoms with van der Waals surface area (Å²) >= 11 is 0. The average Bonchev–Trinajstić information content (AvgIpc) is 2.69. The lowest BCUT2D eigenvalue weighted by atomic mass is 10.0. The van der Waals surface area contributed by atoms with Gasteiger partial charge in [-0.25, -0.2) is 9.97 Å². The number of benzene rings is 1. The largest absolute Gasteiger partial charge is 0.368 e. The van der Waals surface area contributed by atoms with E-state index in [1.54, 1.807) is 35.3 Å². The Labute approximate surface area is 159 Å². The van der Waals surface area contributed by atoms with Crippen LogP contribution in [0, 0.1) is 0 Å². The van der Waals surface area contributed by atoms with Crippen LogP contribution < -0.4 is 5.73 Å². The highest BCUT2D eigenvalue weighted by atomic mass is 16.2. The number of nitrogen functional groups attached to an aromatic ring is 1. The zero-order valence-electron chi connectivity index (χ0n) is 15.8. The maximum Gasteiger partial charge on any atom is 0.254 e. The van der Waals surface area contributed by atoms with E-state index in [1.165, 1.54) is 0 Å². The Morgan fingerprint density at radius 1 is 1.22 bits per heavy atom. The van der Waals surface area contributed by atoms with E-state index < -0.39 is 0 Å². The highest BCUT2D eigenvalue weighted by Gasteiger charge is 2.35. The molecule has 1 aliphatic heterocycles. The Hall–Kier alpha value is -2.96. The van der Waals surface area contributed by atoms with Gasteiger partial charge in [0.15, 0.2) is 0 Å². The number of likely N-dealkylation sites (N-methyl/N-ethyl adjacent to an activating group) is 1. The molecule has 0 spiro atoms. The zero-order chi connectivity index (χ0) is 19.4. The molecular formula is C20H25N5O2. The minimum absolute atomic E-state index is 0.0196. The third-order valence-corrected chi connectivity index (χ3v) is 4.92. The predicted octanol–water partition coefficient (Wildman–Crippen LogP) is 2.20. The lowest BCUT2D eigenvalue weighted by Crippen LogP contribution is -2.57. The molecule has 2 heterocycles. The van der Waals surface area contributed by atoms with Crippen LogP contribution in [0.4, 0.5) is 5.95 Å². The summed E-state index contributed by atoms with van der Waals surface area (Å²) < 4.78 is 0. The standard InChI is InChI=1S/C20H25N5O2/c1-3-4-8-17-19(27)24(2)9-10-25(17)18(26)15-7-5-6-14(11-15)16-12-22-20(21)23-13-16/h5-7,11-13,17H,3-4,8-10H2,1-2H3,(H2,21,22,23)/t17-/m0/s1. The number of aromatic nitrogens is 2. The van der Waals surface area contributed by atoms with Gasteiger partial charge in [-0.2, -0.15) is 0 Å². The van der Waals surface area contributed by atoms with Crippen molar-refractivity contribution in [2.45, 2.75) is 32.2 Å². The molecule has 1 saturated heterocycles. The van der Waals surface area contributed by atoms with E-state index in [4.69, 9.17) is 5.73 Å². The molecule has 7 heteroatoms. The number of amides is 2. The first-order chi connectivity index (χ1) is 13.0. The predicted molar refractivity (Wildman–Crippen MR) is 104 cm³/mol. The van der Waals surface area contributed by atoms with Gasteiger partial charge in [0.25, 0.3) is 5.91 Å². The van der Waals surface area contributed by atoms with Gasteiger partial charge in [0.05, 0.1) is 0 Å².